The van der Waals surface area contributed by atoms with Crippen LogP contribution in [0.15, 0.2) is 23.1 Å². The third-order valence-corrected chi connectivity index (χ3v) is 4.10. The predicted molar refractivity (Wildman–Crippen MR) is 67.3 cm³/mol. The molecule has 1 aliphatic rings. The summed E-state index contributed by atoms with van der Waals surface area (Å²) in [4.78, 5) is 0.808. The summed E-state index contributed by atoms with van der Waals surface area (Å²) in [6, 6.07) is 5.80. The molecule has 2 heterocycles. The van der Waals surface area contributed by atoms with Gasteiger partial charge in [0.25, 0.3) is 0 Å². The third-order valence-electron chi connectivity index (χ3n) is 2.95. The number of hydrogen-bond donors (Lipinski definition) is 3. The number of aliphatic hydroxyl groups excluding tert-OH is 1. The van der Waals surface area contributed by atoms with Crippen molar-refractivity contribution < 1.29 is 14.9 Å². The summed E-state index contributed by atoms with van der Waals surface area (Å²) in [6.07, 6.45) is -1.52. The zero-order valence-electron chi connectivity index (χ0n) is 9.67. The molecule has 0 amide bonds. The molecule has 0 radical (unpaired) electrons. The molecule has 5 nitrogen and oxygen atoms in total. The first-order chi connectivity index (χ1) is 8.70. The van der Waals surface area contributed by atoms with E-state index in [9.17, 15) is 10.2 Å². The zero-order chi connectivity index (χ0) is 12.7. The molecule has 18 heavy (non-hydrogen) atoms. The molecule has 0 saturated heterocycles. The van der Waals surface area contributed by atoms with Gasteiger partial charge in [-0.1, -0.05) is 0 Å². The maximum atomic E-state index is 9.25. The second kappa shape index (κ2) is 4.31. The molecule has 1 aromatic heterocycles. The Morgan fingerprint density at radius 3 is 3.00 bits per heavy atom. The van der Waals surface area contributed by atoms with E-state index in [1.54, 1.807) is 18.9 Å². The van der Waals surface area contributed by atoms with E-state index in [2.05, 4.69) is 10.2 Å². The lowest BCUT2D eigenvalue weighted by atomic mass is 10.0. The van der Waals surface area contributed by atoms with Crippen LogP contribution in [0.1, 0.15) is 17.5 Å². The molecule has 0 unspecified atom stereocenters. The van der Waals surface area contributed by atoms with Crippen molar-refractivity contribution in [3.63, 3.8) is 0 Å². The molecule has 1 aromatic carbocycles. The third kappa shape index (κ3) is 1.69. The fourth-order valence-corrected chi connectivity index (χ4v) is 3.18. The summed E-state index contributed by atoms with van der Waals surface area (Å²) in [5, 5.41) is 25.4. The summed E-state index contributed by atoms with van der Waals surface area (Å²) < 4.78 is 5.19. The Kier molecular flexibility index (Phi) is 2.77. The zero-order valence-corrected chi connectivity index (χ0v) is 10.5. The van der Waals surface area contributed by atoms with Gasteiger partial charge in [-0.25, -0.2) is 0 Å². The topological polar surface area (TPSA) is 78.4 Å². The largest absolute Gasteiger partial charge is 0.497 e. The van der Waals surface area contributed by atoms with Crippen LogP contribution in [-0.2, 0) is 5.75 Å². The first kappa shape index (κ1) is 11.6. The molecule has 0 saturated carbocycles. The second-order valence-electron chi connectivity index (χ2n) is 4.00. The maximum absolute atomic E-state index is 9.25. The highest BCUT2D eigenvalue weighted by Gasteiger charge is 2.25. The number of benzene rings is 1. The average Bonchev–Trinajstić information content (AvgIpc) is 2.82. The van der Waals surface area contributed by atoms with Gasteiger partial charge >= 0.3 is 0 Å². The van der Waals surface area contributed by atoms with Gasteiger partial charge in [0.1, 0.15) is 17.1 Å². The van der Waals surface area contributed by atoms with E-state index in [-0.39, 0.29) is 0 Å². The van der Waals surface area contributed by atoms with Gasteiger partial charge in [0.15, 0.2) is 6.29 Å². The lowest BCUT2D eigenvalue weighted by Gasteiger charge is -2.16. The van der Waals surface area contributed by atoms with Crippen molar-refractivity contribution in [3.8, 4) is 17.0 Å². The Morgan fingerprint density at radius 2 is 2.28 bits per heavy atom. The van der Waals surface area contributed by atoms with Crippen molar-refractivity contribution in [2.75, 3.05) is 7.11 Å². The van der Waals surface area contributed by atoms with Crippen LogP contribution >= 0.6 is 11.8 Å². The monoisotopic (exact) mass is 264 g/mol. The van der Waals surface area contributed by atoms with Crippen LogP contribution in [0, 0.1) is 0 Å². The van der Waals surface area contributed by atoms with Crippen LogP contribution in [0.2, 0.25) is 0 Å². The highest BCUT2D eigenvalue weighted by molar-refractivity contribution is 7.98. The summed E-state index contributed by atoms with van der Waals surface area (Å²) >= 11 is 1.54. The number of hydrogen-bond acceptors (Lipinski definition) is 5. The molecule has 94 valence electrons. The molecule has 6 heteroatoms. The summed E-state index contributed by atoms with van der Waals surface area (Å²) in [7, 11) is 1.64. The van der Waals surface area contributed by atoms with Crippen LogP contribution in [0.5, 0.6) is 5.75 Å². The summed E-state index contributed by atoms with van der Waals surface area (Å²) in [5.74, 6) is 1.58. The SMILES string of the molecule is COc1ccc2c(c1)CSc1c-2n[nH]c1C(O)O. The van der Waals surface area contributed by atoms with Gasteiger partial charge < -0.3 is 14.9 Å². The fraction of sp³-hybridized carbons (Fsp3) is 0.250. The van der Waals surface area contributed by atoms with Crippen molar-refractivity contribution in [2.24, 2.45) is 0 Å². The molecule has 0 fully saturated rings. The first-order valence-corrected chi connectivity index (χ1v) is 6.43. The normalized spacial score (nSPS) is 13.3. The lowest BCUT2D eigenvalue weighted by Crippen LogP contribution is -2.00. The number of rotatable bonds is 2. The second-order valence-corrected chi connectivity index (χ2v) is 4.99. The van der Waals surface area contributed by atoms with E-state index in [1.165, 1.54) is 0 Å². The Morgan fingerprint density at radius 1 is 1.44 bits per heavy atom. The van der Waals surface area contributed by atoms with Crippen molar-refractivity contribution in [2.45, 2.75) is 16.9 Å². The quantitative estimate of drug-likeness (QED) is 0.719. The number of aromatic amines is 1. The Bertz CT molecular complexity index is 595. The molecular formula is C12H12N2O3S. The molecule has 0 aliphatic carbocycles. The van der Waals surface area contributed by atoms with Gasteiger partial charge in [-0.3, -0.25) is 5.10 Å². The minimum Gasteiger partial charge on any atom is -0.497 e. The number of nitrogens with zero attached hydrogens (tertiary/aromatic N) is 1. The smallest absolute Gasteiger partial charge is 0.196 e. The number of thioether (sulfide) groups is 1. The summed E-state index contributed by atoms with van der Waals surface area (Å²) in [5.41, 5.74) is 3.27. The van der Waals surface area contributed by atoms with E-state index in [4.69, 9.17) is 4.74 Å². The van der Waals surface area contributed by atoms with Gasteiger partial charge in [-0.2, -0.15) is 5.10 Å². The molecule has 2 aromatic rings. The first-order valence-electron chi connectivity index (χ1n) is 5.45. The molecule has 0 atom stereocenters. The number of nitrogens with one attached hydrogen (secondary N) is 1. The number of methoxy groups -OCH3 is 1. The van der Waals surface area contributed by atoms with Crippen molar-refractivity contribution in [3.05, 3.63) is 29.5 Å². The molecule has 1 aliphatic heterocycles. The van der Waals surface area contributed by atoms with Crippen molar-refractivity contribution >= 4 is 11.8 Å². The minimum absolute atomic E-state index is 0.358. The van der Waals surface area contributed by atoms with Crippen LogP contribution in [0.3, 0.4) is 0 Å². The number of aromatic nitrogens is 2. The molecular weight excluding hydrogens is 252 g/mol. The number of ether oxygens (including phenoxy) is 1. The number of aliphatic hydroxyl groups is 2. The standard InChI is InChI=1S/C12H12N2O3S/c1-17-7-2-3-8-6(4-7)5-18-11-9(8)13-14-10(11)12(15)16/h2-4,12,15-16H,5H2,1H3,(H,13,14). The Labute approximate surface area is 108 Å². The molecule has 3 rings (SSSR count). The van der Waals surface area contributed by atoms with Crippen LogP contribution < -0.4 is 4.74 Å². The molecule has 0 spiro atoms. The van der Waals surface area contributed by atoms with Gasteiger partial charge in [-0.05, 0) is 23.8 Å². The van der Waals surface area contributed by atoms with E-state index in [1.807, 2.05) is 18.2 Å². The Balaban J connectivity index is 2.12. The van der Waals surface area contributed by atoms with Crippen LogP contribution in [-0.4, -0.2) is 27.5 Å². The fourth-order valence-electron chi connectivity index (χ4n) is 2.05. The van der Waals surface area contributed by atoms with Crippen LogP contribution in [0.4, 0.5) is 0 Å². The minimum atomic E-state index is -1.52. The Hall–Kier alpha value is -1.50. The van der Waals surface area contributed by atoms with Gasteiger partial charge in [-0.15, -0.1) is 11.8 Å². The maximum Gasteiger partial charge on any atom is 0.196 e. The highest BCUT2D eigenvalue weighted by atomic mass is 32.2. The average molecular weight is 264 g/mol. The van der Waals surface area contributed by atoms with E-state index in [0.717, 1.165) is 33.2 Å². The molecule has 3 N–H and O–H groups in total. The van der Waals surface area contributed by atoms with Crippen LogP contribution in [0.25, 0.3) is 11.3 Å². The van der Waals surface area contributed by atoms with E-state index < -0.39 is 6.29 Å². The van der Waals surface area contributed by atoms with Gasteiger partial charge in [0.2, 0.25) is 0 Å². The van der Waals surface area contributed by atoms with E-state index in [0.29, 0.717) is 5.69 Å². The summed E-state index contributed by atoms with van der Waals surface area (Å²) in [6.45, 7) is 0. The predicted octanol–water partition coefficient (Wildman–Crippen LogP) is 1.67. The molecule has 0 bridgehead atoms. The van der Waals surface area contributed by atoms with Crippen molar-refractivity contribution in [1.29, 1.82) is 0 Å². The number of H-pyrrole nitrogens is 1. The lowest BCUT2D eigenvalue weighted by molar-refractivity contribution is -0.0478. The highest BCUT2D eigenvalue weighted by Crippen LogP contribution is 2.43. The van der Waals surface area contributed by atoms with Crippen molar-refractivity contribution in [1.82, 2.24) is 10.2 Å². The van der Waals surface area contributed by atoms with E-state index >= 15 is 0 Å². The number of fused-ring (bicyclic) bond motifs is 3. The van der Waals surface area contributed by atoms with Gasteiger partial charge in [0, 0.05) is 11.3 Å². The van der Waals surface area contributed by atoms with Gasteiger partial charge in [0.05, 0.1) is 12.0 Å².